The van der Waals surface area contributed by atoms with E-state index in [4.69, 9.17) is 4.74 Å². The van der Waals surface area contributed by atoms with Crippen LogP contribution in [0.3, 0.4) is 0 Å². The molecule has 1 aromatic rings. The summed E-state index contributed by atoms with van der Waals surface area (Å²) in [4.78, 5) is 26.6. The van der Waals surface area contributed by atoms with E-state index >= 15 is 0 Å². The van der Waals surface area contributed by atoms with Crippen LogP contribution in [-0.4, -0.2) is 48.1 Å². The van der Waals surface area contributed by atoms with Gasteiger partial charge >= 0.3 is 6.18 Å². The topological polar surface area (TPSA) is 58.6 Å². The van der Waals surface area contributed by atoms with Crippen LogP contribution in [0.4, 0.5) is 13.2 Å². The van der Waals surface area contributed by atoms with E-state index < -0.39 is 35.5 Å². The van der Waals surface area contributed by atoms with Crippen LogP contribution in [-0.2, 0) is 14.3 Å². The number of nitrogens with one attached hydrogen (secondary N) is 1. The number of rotatable bonds is 4. The van der Waals surface area contributed by atoms with E-state index in [0.717, 1.165) is 28.4 Å². The second-order valence-electron chi connectivity index (χ2n) is 10.6. The molecule has 0 aromatic heterocycles. The Labute approximate surface area is 215 Å². The van der Waals surface area contributed by atoms with Crippen molar-refractivity contribution in [3.8, 4) is 0 Å². The summed E-state index contributed by atoms with van der Waals surface area (Å²) in [6.45, 7) is 11.1. The van der Waals surface area contributed by atoms with Gasteiger partial charge in [0.1, 0.15) is 11.8 Å². The second-order valence-corrected chi connectivity index (χ2v) is 10.6. The van der Waals surface area contributed by atoms with Gasteiger partial charge in [0.2, 0.25) is 0 Å². The minimum Gasteiger partial charge on any atom is -0.360 e. The highest BCUT2D eigenvalue weighted by Crippen LogP contribution is 2.48. The first-order valence-electron chi connectivity index (χ1n) is 12.1. The number of fused-ring (bicyclic) bond motifs is 2. The fourth-order valence-corrected chi connectivity index (χ4v) is 5.27. The number of hydrogen-bond donors (Lipinski definition) is 1. The number of carbonyl (C=O) groups is 2. The van der Waals surface area contributed by atoms with Crippen molar-refractivity contribution in [1.29, 1.82) is 0 Å². The normalized spacial score (nSPS) is 21.3. The summed E-state index contributed by atoms with van der Waals surface area (Å²) in [6, 6.07) is 7.02. The van der Waals surface area contributed by atoms with Crippen molar-refractivity contribution in [3.05, 3.63) is 86.8 Å². The van der Waals surface area contributed by atoms with Gasteiger partial charge in [-0.05, 0) is 81.6 Å². The molecule has 196 valence electrons. The second kappa shape index (κ2) is 9.17. The highest BCUT2D eigenvalue weighted by molar-refractivity contribution is 6.03. The molecule has 2 aliphatic heterocycles. The first kappa shape index (κ1) is 26.7. The Balaban J connectivity index is 2.05. The molecule has 37 heavy (non-hydrogen) atoms. The number of benzene rings is 1. The van der Waals surface area contributed by atoms with Gasteiger partial charge in [0.15, 0.2) is 6.29 Å². The summed E-state index contributed by atoms with van der Waals surface area (Å²) < 4.78 is 47.7. The van der Waals surface area contributed by atoms with Gasteiger partial charge < -0.3 is 19.7 Å². The zero-order valence-corrected chi connectivity index (χ0v) is 22.0. The van der Waals surface area contributed by atoms with Crippen LogP contribution in [0.1, 0.15) is 45.7 Å². The summed E-state index contributed by atoms with van der Waals surface area (Å²) in [5, 5.41) is 2.96. The van der Waals surface area contributed by atoms with Crippen molar-refractivity contribution in [2.75, 3.05) is 7.05 Å². The summed E-state index contributed by atoms with van der Waals surface area (Å²) in [5.41, 5.74) is 3.94. The molecular weight excluding hydrogens is 481 g/mol. The molecule has 0 saturated carbocycles. The number of amides is 1. The number of ether oxygens (including phenoxy) is 1. The SMILES string of the molecule is CC1=C(c2ccc(C)cc2)C([C@@H](C=O)OC(C)(C)C)=C(C)C2NC(=O)C3=CC=C(C(F)(F)F)N(C)C3=C12. The third-order valence-corrected chi connectivity index (χ3v) is 6.85. The van der Waals surface area contributed by atoms with Crippen LogP contribution in [0.5, 0.6) is 0 Å². The number of alkyl halides is 3. The predicted molar refractivity (Wildman–Crippen MR) is 136 cm³/mol. The quantitative estimate of drug-likeness (QED) is 0.538. The molecule has 0 fully saturated rings. The Morgan fingerprint density at radius 1 is 1.05 bits per heavy atom. The number of halogens is 3. The van der Waals surface area contributed by atoms with E-state index in [1.165, 1.54) is 13.1 Å². The van der Waals surface area contributed by atoms with Crippen LogP contribution in [0.15, 0.2) is 75.7 Å². The molecule has 1 amide bonds. The maximum Gasteiger partial charge on any atom is 0.431 e. The summed E-state index contributed by atoms with van der Waals surface area (Å²) in [5.74, 6) is -0.474. The van der Waals surface area contributed by atoms with E-state index in [9.17, 15) is 22.8 Å². The minimum atomic E-state index is -4.60. The highest BCUT2D eigenvalue weighted by Gasteiger charge is 2.46. The van der Waals surface area contributed by atoms with Crippen LogP contribution in [0, 0.1) is 6.92 Å². The number of allylic oxidation sites excluding steroid dienone is 3. The van der Waals surface area contributed by atoms with Gasteiger partial charge in [-0.2, -0.15) is 13.2 Å². The van der Waals surface area contributed by atoms with E-state index in [1.807, 2.05) is 58.9 Å². The maximum atomic E-state index is 13.9. The number of likely N-dealkylation sites (N-methyl/N-ethyl adjacent to an activating group) is 1. The number of nitrogens with zero attached hydrogens (tertiary/aromatic N) is 1. The molecule has 1 aliphatic carbocycles. The van der Waals surface area contributed by atoms with Crippen LogP contribution in [0.2, 0.25) is 0 Å². The van der Waals surface area contributed by atoms with E-state index in [1.54, 1.807) is 6.92 Å². The average Bonchev–Trinajstić information content (AvgIpc) is 2.79. The summed E-state index contributed by atoms with van der Waals surface area (Å²) in [7, 11) is 1.33. The number of aryl methyl sites for hydroxylation is 1. The Kier molecular flexibility index (Phi) is 6.61. The number of carbonyl (C=O) groups excluding carboxylic acids is 2. The van der Waals surface area contributed by atoms with Crippen molar-refractivity contribution >= 4 is 17.8 Å². The number of aldehydes is 1. The smallest absolute Gasteiger partial charge is 0.360 e. The van der Waals surface area contributed by atoms with Gasteiger partial charge in [-0.15, -0.1) is 0 Å². The Morgan fingerprint density at radius 2 is 1.68 bits per heavy atom. The summed E-state index contributed by atoms with van der Waals surface area (Å²) in [6.07, 6.45) is -2.66. The van der Waals surface area contributed by atoms with E-state index in [2.05, 4.69) is 5.32 Å². The van der Waals surface area contributed by atoms with E-state index in [-0.39, 0.29) is 11.3 Å². The maximum absolute atomic E-state index is 13.9. The Bertz CT molecular complexity index is 1320. The lowest BCUT2D eigenvalue weighted by Crippen LogP contribution is -2.49. The minimum absolute atomic E-state index is 0.165. The molecule has 8 heteroatoms. The van der Waals surface area contributed by atoms with Gasteiger partial charge in [-0.25, -0.2) is 0 Å². The molecule has 0 spiro atoms. The molecule has 2 heterocycles. The van der Waals surface area contributed by atoms with Crippen molar-refractivity contribution in [2.24, 2.45) is 0 Å². The predicted octanol–water partition coefficient (Wildman–Crippen LogP) is 5.55. The fourth-order valence-electron chi connectivity index (χ4n) is 5.27. The Hall–Kier alpha value is -3.39. The van der Waals surface area contributed by atoms with Crippen LogP contribution < -0.4 is 5.32 Å². The molecule has 0 radical (unpaired) electrons. The third kappa shape index (κ3) is 4.70. The van der Waals surface area contributed by atoms with Gasteiger partial charge in [0.25, 0.3) is 5.91 Å². The molecular formula is C29H31F3N2O3. The molecule has 4 rings (SSSR count). The van der Waals surface area contributed by atoms with Gasteiger partial charge in [-0.1, -0.05) is 29.8 Å². The fraction of sp³-hybridized carbons (Fsp3) is 0.379. The molecule has 0 saturated heterocycles. The van der Waals surface area contributed by atoms with Crippen LogP contribution >= 0.6 is 0 Å². The van der Waals surface area contributed by atoms with Gasteiger partial charge in [0, 0.05) is 12.6 Å². The molecule has 1 unspecified atom stereocenters. The monoisotopic (exact) mass is 512 g/mol. The first-order valence-corrected chi connectivity index (χ1v) is 12.1. The lowest BCUT2D eigenvalue weighted by atomic mass is 9.72. The van der Waals surface area contributed by atoms with Gasteiger partial charge in [-0.3, -0.25) is 4.79 Å². The molecule has 3 aliphatic rings. The molecule has 5 nitrogen and oxygen atoms in total. The lowest BCUT2D eigenvalue weighted by Gasteiger charge is -2.43. The molecule has 1 aromatic carbocycles. The van der Waals surface area contributed by atoms with Crippen molar-refractivity contribution in [2.45, 2.75) is 65.5 Å². The van der Waals surface area contributed by atoms with Crippen molar-refractivity contribution < 1.29 is 27.5 Å². The van der Waals surface area contributed by atoms with E-state index in [0.29, 0.717) is 27.9 Å². The standard InChI is InChI=1S/C29H31F3N2O3/c1-15-8-10-18(11-9-15)22-16(2)24-25(17(3)23(22)20(14-35)37-28(4,5)6)33-27(36)19-12-13-21(29(30,31)32)34(7)26(19)24/h8-14,20,25H,1-7H3,(H,33,36)/t20-,25?/m1/s1. The zero-order valence-electron chi connectivity index (χ0n) is 22.0. The lowest BCUT2D eigenvalue weighted by molar-refractivity contribution is -0.123. The Morgan fingerprint density at radius 3 is 2.22 bits per heavy atom. The highest BCUT2D eigenvalue weighted by atomic mass is 19.4. The van der Waals surface area contributed by atoms with Crippen molar-refractivity contribution in [3.63, 3.8) is 0 Å². The first-order chi connectivity index (χ1) is 17.2. The van der Waals surface area contributed by atoms with Crippen molar-refractivity contribution in [1.82, 2.24) is 10.2 Å². The van der Waals surface area contributed by atoms with Crippen LogP contribution in [0.25, 0.3) is 5.57 Å². The molecule has 1 N–H and O–H groups in total. The largest absolute Gasteiger partial charge is 0.431 e. The third-order valence-electron chi connectivity index (χ3n) is 6.85. The average molecular weight is 513 g/mol. The number of hydrogen-bond acceptors (Lipinski definition) is 4. The van der Waals surface area contributed by atoms with Gasteiger partial charge in [0.05, 0.1) is 22.9 Å². The zero-order chi connectivity index (χ0) is 27.4. The molecule has 0 bridgehead atoms. The summed E-state index contributed by atoms with van der Waals surface area (Å²) >= 11 is 0. The molecule has 2 atom stereocenters.